The summed E-state index contributed by atoms with van der Waals surface area (Å²) in [5, 5.41) is 3.38. The molecule has 0 aromatic carbocycles. The minimum Gasteiger partial charge on any atom is -0.349 e. The van der Waals surface area contributed by atoms with E-state index in [1.54, 1.807) is 0 Å². The molecule has 2 aliphatic carbocycles. The van der Waals surface area contributed by atoms with Crippen molar-refractivity contribution in [2.45, 2.75) is 64.6 Å². The molecule has 2 saturated carbocycles. The summed E-state index contributed by atoms with van der Waals surface area (Å²) in [6, 6.07) is 8.53. The van der Waals surface area contributed by atoms with Gasteiger partial charge >= 0.3 is 0 Å². The Morgan fingerprint density at radius 3 is 2.52 bits per heavy atom. The van der Waals surface area contributed by atoms with E-state index in [1.165, 1.54) is 19.3 Å². The van der Waals surface area contributed by atoms with Crippen LogP contribution in [0.15, 0.2) is 30.5 Å². The quantitative estimate of drug-likeness (QED) is 0.756. The van der Waals surface area contributed by atoms with Crippen molar-refractivity contribution >= 4 is 30.7 Å². The number of nitrogens with zero attached hydrogens (tertiary/aromatic N) is 2. The predicted molar refractivity (Wildman–Crippen MR) is 121 cm³/mol. The van der Waals surface area contributed by atoms with Gasteiger partial charge in [-0.05, 0) is 69.6 Å². The van der Waals surface area contributed by atoms with E-state index in [-0.39, 0.29) is 36.8 Å². The molecule has 7 heteroatoms. The number of amides is 1. The molecule has 160 valence electrons. The van der Waals surface area contributed by atoms with Crippen LogP contribution in [0.25, 0.3) is 0 Å². The molecule has 2 fully saturated rings. The highest BCUT2D eigenvalue weighted by Crippen LogP contribution is 2.39. The molecular weight excluding hydrogens is 407 g/mol. The number of carbonyl (C=O) groups is 1. The van der Waals surface area contributed by atoms with Gasteiger partial charge in [0.1, 0.15) is 0 Å². The van der Waals surface area contributed by atoms with Crippen molar-refractivity contribution in [3.8, 4) is 0 Å². The number of hydrogen-bond donors (Lipinski definition) is 2. The maximum atomic E-state index is 13.1. The minimum atomic E-state index is 0. The molecule has 2 unspecified atom stereocenters. The van der Waals surface area contributed by atoms with Gasteiger partial charge in [0.05, 0.1) is 17.8 Å². The van der Waals surface area contributed by atoms with Crippen LogP contribution in [-0.2, 0) is 6.54 Å². The molecule has 2 atom stereocenters. The van der Waals surface area contributed by atoms with Gasteiger partial charge in [0.2, 0.25) is 0 Å². The highest BCUT2D eigenvalue weighted by atomic mass is 35.5. The lowest BCUT2D eigenvalue weighted by Gasteiger charge is -2.45. The van der Waals surface area contributed by atoms with E-state index in [9.17, 15) is 4.79 Å². The van der Waals surface area contributed by atoms with E-state index >= 15 is 0 Å². The van der Waals surface area contributed by atoms with Crippen LogP contribution in [0.4, 0.5) is 0 Å². The van der Waals surface area contributed by atoms with Gasteiger partial charge in [-0.1, -0.05) is 12.5 Å². The van der Waals surface area contributed by atoms with Crippen molar-refractivity contribution in [3.05, 3.63) is 53.1 Å². The number of nitrogens with two attached hydrogens (primary N) is 1. The zero-order valence-corrected chi connectivity index (χ0v) is 18.8. The molecule has 2 aromatic heterocycles. The molecule has 0 spiro atoms. The number of aryl methyl sites for hydroxylation is 1. The third kappa shape index (κ3) is 4.96. The Hall–Kier alpha value is -1.56. The molecule has 5 nitrogen and oxygen atoms in total. The average molecular weight is 439 g/mol. The van der Waals surface area contributed by atoms with Crippen LogP contribution in [0.3, 0.4) is 0 Å². The van der Waals surface area contributed by atoms with Crippen molar-refractivity contribution < 1.29 is 4.79 Å². The van der Waals surface area contributed by atoms with Gasteiger partial charge < -0.3 is 15.6 Å². The van der Waals surface area contributed by atoms with E-state index in [2.05, 4.69) is 21.8 Å². The van der Waals surface area contributed by atoms with Crippen molar-refractivity contribution in [2.75, 3.05) is 0 Å². The summed E-state index contributed by atoms with van der Waals surface area (Å²) in [6.07, 6.45) is 7.54. The minimum absolute atomic E-state index is 0. The van der Waals surface area contributed by atoms with Crippen molar-refractivity contribution in [1.82, 2.24) is 14.9 Å². The molecule has 3 N–H and O–H groups in total. The first-order valence-electron chi connectivity index (χ1n) is 10.2. The highest BCUT2D eigenvalue weighted by Gasteiger charge is 2.40. The van der Waals surface area contributed by atoms with Gasteiger partial charge in [-0.25, -0.2) is 0 Å². The summed E-state index contributed by atoms with van der Waals surface area (Å²) in [4.78, 5) is 17.5. The largest absolute Gasteiger partial charge is 0.349 e. The number of rotatable bonds is 4. The summed E-state index contributed by atoms with van der Waals surface area (Å²) >= 11 is 0. The molecule has 0 saturated heterocycles. The number of hydrogen-bond acceptors (Lipinski definition) is 3. The SMILES string of the molecule is Cc1cc(C(=O)NC2C3CCCC2CC(N)C3)c(C)n1Cc1ccccn1.Cl.Cl. The van der Waals surface area contributed by atoms with E-state index in [0.717, 1.165) is 35.5 Å². The summed E-state index contributed by atoms with van der Waals surface area (Å²) in [6.45, 7) is 4.78. The topological polar surface area (TPSA) is 72.9 Å². The van der Waals surface area contributed by atoms with Crippen LogP contribution in [0, 0.1) is 25.7 Å². The summed E-state index contributed by atoms with van der Waals surface area (Å²) in [5.74, 6) is 1.13. The van der Waals surface area contributed by atoms with Gasteiger partial charge in [-0.15, -0.1) is 24.8 Å². The first-order valence-corrected chi connectivity index (χ1v) is 10.2. The van der Waals surface area contributed by atoms with Crippen molar-refractivity contribution in [3.63, 3.8) is 0 Å². The van der Waals surface area contributed by atoms with Gasteiger partial charge in [-0.3, -0.25) is 9.78 Å². The molecule has 2 aliphatic rings. The van der Waals surface area contributed by atoms with E-state index in [0.29, 0.717) is 24.4 Å². The Labute approximate surface area is 185 Å². The summed E-state index contributed by atoms with van der Waals surface area (Å²) in [5.41, 5.74) is 10.1. The predicted octanol–water partition coefficient (Wildman–Crippen LogP) is 4.03. The van der Waals surface area contributed by atoms with Crippen LogP contribution >= 0.6 is 24.8 Å². The van der Waals surface area contributed by atoms with E-state index in [4.69, 9.17) is 5.73 Å². The maximum absolute atomic E-state index is 13.1. The molecule has 2 bridgehead atoms. The standard InChI is InChI=1S/C22H30N4O.2ClH/c1-14-10-20(15(2)26(14)13-19-8-3-4-9-24-19)22(27)25-21-16-6-5-7-17(21)12-18(23)11-16;;/h3-4,8-10,16-18,21H,5-7,11-13,23H2,1-2H3,(H,25,27);2*1H. The molecule has 0 aliphatic heterocycles. The zero-order valence-electron chi connectivity index (χ0n) is 17.1. The van der Waals surface area contributed by atoms with E-state index < -0.39 is 0 Å². The van der Waals surface area contributed by atoms with Crippen LogP contribution in [0.5, 0.6) is 0 Å². The lowest BCUT2D eigenvalue weighted by Crippen LogP contribution is -2.53. The number of halogens is 2. The molecular formula is C22H32Cl2N4O. The van der Waals surface area contributed by atoms with Gasteiger partial charge in [0, 0.05) is 29.7 Å². The van der Waals surface area contributed by atoms with Gasteiger partial charge in [0.25, 0.3) is 5.91 Å². The van der Waals surface area contributed by atoms with Gasteiger partial charge in [-0.2, -0.15) is 0 Å². The fourth-order valence-electron chi connectivity index (χ4n) is 5.18. The van der Waals surface area contributed by atoms with Gasteiger partial charge in [0.15, 0.2) is 0 Å². The Kier molecular flexibility index (Phi) is 8.15. The third-order valence-electron chi connectivity index (χ3n) is 6.54. The van der Waals surface area contributed by atoms with Crippen molar-refractivity contribution in [1.29, 1.82) is 0 Å². The van der Waals surface area contributed by atoms with Crippen LogP contribution < -0.4 is 11.1 Å². The Morgan fingerprint density at radius 1 is 1.21 bits per heavy atom. The number of fused-ring (bicyclic) bond motifs is 2. The van der Waals surface area contributed by atoms with Crippen LogP contribution in [0.2, 0.25) is 0 Å². The number of pyridine rings is 1. The Bertz CT molecular complexity index is 810. The second kappa shape index (κ2) is 9.96. The lowest BCUT2D eigenvalue weighted by molar-refractivity contribution is 0.0755. The molecule has 1 amide bonds. The Balaban J connectivity index is 0.00000150. The normalized spacial score (nSPS) is 25.5. The highest BCUT2D eigenvalue weighted by molar-refractivity contribution is 5.96. The fraction of sp³-hybridized carbons (Fsp3) is 0.545. The average Bonchev–Trinajstić information content (AvgIpc) is 2.92. The molecule has 29 heavy (non-hydrogen) atoms. The third-order valence-corrected chi connectivity index (χ3v) is 6.54. The van der Waals surface area contributed by atoms with Crippen LogP contribution in [-0.4, -0.2) is 27.5 Å². The Morgan fingerprint density at radius 2 is 1.90 bits per heavy atom. The summed E-state index contributed by atoms with van der Waals surface area (Å²) < 4.78 is 2.18. The monoisotopic (exact) mass is 438 g/mol. The maximum Gasteiger partial charge on any atom is 0.253 e. The number of aromatic nitrogens is 2. The molecule has 4 rings (SSSR count). The summed E-state index contributed by atoms with van der Waals surface area (Å²) in [7, 11) is 0. The second-order valence-electron chi connectivity index (χ2n) is 8.37. The molecule has 2 aromatic rings. The van der Waals surface area contributed by atoms with Crippen LogP contribution in [0.1, 0.15) is 59.5 Å². The van der Waals surface area contributed by atoms with Crippen molar-refractivity contribution in [2.24, 2.45) is 17.6 Å². The number of nitrogens with one attached hydrogen (secondary N) is 1. The molecule has 0 radical (unpaired) electrons. The number of carbonyl (C=O) groups excluding carboxylic acids is 1. The smallest absolute Gasteiger partial charge is 0.253 e. The zero-order chi connectivity index (χ0) is 19.0. The second-order valence-corrected chi connectivity index (χ2v) is 8.37. The lowest BCUT2D eigenvalue weighted by atomic mass is 9.67. The van der Waals surface area contributed by atoms with E-state index in [1.807, 2.05) is 37.4 Å². The first-order chi connectivity index (χ1) is 13.0. The fourth-order valence-corrected chi connectivity index (χ4v) is 5.18. The molecule has 2 heterocycles. The first kappa shape index (κ1) is 23.7.